The van der Waals surface area contributed by atoms with Gasteiger partial charge in [-0.3, -0.25) is 0 Å². The van der Waals surface area contributed by atoms with Crippen LogP contribution in [0, 0.1) is 12.8 Å². The van der Waals surface area contributed by atoms with E-state index in [0.717, 1.165) is 45.8 Å². The summed E-state index contributed by atoms with van der Waals surface area (Å²) in [4.78, 5) is 0. The molecule has 0 aliphatic carbocycles. The number of hydrogen-bond acceptors (Lipinski definition) is 2. The van der Waals surface area contributed by atoms with Crippen molar-refractivity contribution in [1.29, 1.82) is 0 Å². The quantitative estimate of drug-likeness (QED) is 0.436. The summed E-state index contributed by atoms with van der Waals surface area (Å²) in [6.07, 6.45) is 3.09. The summed E-state index contributed by atoms with van der Waals surface area (Å²) in [5.74, 6) is 1.42. The van der Waals surface area contributed by atoms with E-state index < -0.39 is 0 Å². The van der Waals surface area contributed by atoms with Gasteiger partial charge in [0.1, 0.15) is 0 Å². The minimum Gasteiger partial charge on any atom is -0.356 e. The summed E-state index contributed by atoms with van der Waals surface area (Å²) in [6.45, 7) is 4.30. The summed E-state index contributed by atoms with van der Waals surface area (Å²) in [5.41, 5.74) is 4.55. The van der Waals surface area contributed by atoms with Crippen LogP contribution < -0.4 is 0 Å². The normalized spacial score (nSPS) is 12.3. The van der Waals surface area contributed by atoms with E-state index in [1.807, 2.05) is 37.3 Å². The number of aryl methyl sites for hydroxylation is 2. The number of nitrogens with zero attached hydrogens (tertiary/aromatic N) is 1. The van der Waals surface area contributed by atoms with Crippen LogP contribution in [0.3, 0.4) is 0 Å². The number of aromatic nitrogens is 1. The van der Waals surface area contributed by atoms with Crippen molar-refractivity contribution in [3.63, 3.8) is 0 Å². The molecule has 25 heavy (non-hydrogen) atoms. The Morgan fingerprint density at radius 1 is 1.16 bits per heavy atom. The Labute approximate surface area is 162 Å². The van der Waals surface area contributed by atoms with Crippen molar-refractivity contribution in [2.45, 2.75) is 33.1 Å². The smallest absolute Gasteiger partial charge is 0.170 e. The summed E-state index contributed by atoms with van der Waals surface area (Å²) in [6, 6.07) is 16.3. The van der Waals surface area contributed by atoms with E-state index in [9.17, 15) is 0 Å². The van der Waals surface area contributed by atoms with Crippen LogP contribution in [0.1, 0.15) is 30.2 Å². The standard InChI is InChI=1S/C21H21BrClNO/c1-14(6-7-16-4-3-5-19(23)13-16)12-20-15(2)24-25-21(20)17-8-10-18(22)11-9-17/h3-5,8-11,13-14H,6-7,12H2,1-2H3. The van der Waals surface area contributed by atoms with E-state index in [2.05, 4.69) is 46.2 Å². The fraction of sp³-hybridized carbons (Fsp3) is 0.286. The fourth-order valence-corrected chi connectivity index (χ4v) is 3.49. The lowest BCUT2D eigenvalue weighted by Gasteiger charge is -2.12. The third kappa shape index (κ3) is 4.74. The van der Waals surface area contributed by atoms with Gasteiger partial charge in [-0.2, -0.15) is 0 Å². The van der Waals surface area contributed by atoms with Gasteiger partial charge >= 0.3 is 0 Å². The first-order valence-corrected chi connectivity index (χ1v) is 9.65. The molecule has 0 saturated heterocycles. The summed E-state index contributed by atoms with van der Waals surface area (Å²) in [7, 11) is 0. The van der Waals surface area contributed by atoms with Gasteiger partial charge in [0.05, 0.1) is 5.69 Å². The molecular weight excluding hydrogens is 398 g/mol. The zero-order valence-electron chi connectivity index (χ0n) is 14.4. The Bertz CT molecular complexity index is 841. The molecule has 1 heterocycles. The van der Waals surface area contributed by atoms with E-state index in [0.29, 0.717) is 5.92 Å². The highest BCUT2D eigenvalue weighted by molar-refractivity contribution is 9.10. The second-order valence-electron chi connectivity index (χ2n) is 6.56. The van der Waals surface area contributed by atoms with Crippen molar-refractivity contribution in [2.24, 2.45) is 5.92 Å². The van der Waals surface area contributed by atoms with E-state index in [-0.39, 0.29) is 0 Å². The van der Waals surface area contributed by atoms with Crippen LogP contribution in [0.4, 0.5) is 0 Å². The van der Waals surface area contributed by atoms with Gasteiger partial charge in [0.25, 0.3) is 0 Å². The average molecular weight is 419 g/mol. The molecule has 0 saturated carbocycles. The lowest BCUT2D eigenvalue weighted by atomic mass is 9.92. The Balaban J connectivity index is 1.70. The first-order valence-electron chi connectivity index (χ1n) is 8.48. The lowest BCUT2D eigenvalue weighted by Crippen LogP contribution is -2.03. The number of halogens is 2. The molecule has 2 aromatic carbocycles. The zero-order chi connectivity index (χ0) is 17.8. The molecule has 1 unspecified atom stereocenters. The monoisotopic (exact) mass is 417 g/mol. The Hall–Kier alpha value is -1.58. The maximum Gasteiger partial charge on any atom is 0.170 e. The van der Waals surface area contributed by atoms with Crippen molar-refractivity contribution < 1.29 is 4.52 Å². The third-order valence-corrected chi connectivity index (χ3v) is 5.22. The highest BCUT2D eigenvalue weighted by atomic mass is 79.9. The topological polar surface area (TPSA) is 26.0 Å². The largest absolute Gasteiger partial charge is 0.356 e. The van der Waals surface area contributed by atoms with Crippen LogP contribution in [0.15, 0.2) is 57.5 Å². The molecule has 0 aliphatic rings. The van der Waals surface area contributed by atoms with Gasteiger partial charge in [-0.1, -0.05) is 63.9 Å². The van der Waals surface area contributed by atoms with Crippen molar-refractivity contribution in [3.8, 4) is 11.3 Å². The Morgan fingerprint density at radius 2 is 1.92 bits per heavy atom. The van der Waals surface area contributed by atoms with Gasteiger partial charge in [-0.25, -0.2) is 0 Å². The van der Waals surface area contributed by atoms with Gasteiger partial charge in [0.15, 0.2) is 5.76 Å². The molecule has 0 spiro atoms. The van der Waals surface area contributed by atoms with E-state index in [4.69, 9.17) is 16.1 Å². The Morgan fingerprint density at radius 3 is 2.64 bits per heavy atom. The van der Waals surface area contributed by atoms with Crippen molar-refractivity contribution in [3.05, 3.63) is 74.8 Å². The summed E-state index contributed by atoms with van der Waals surface area (Å²) in [5, 5.41) is 5.00. The van der Waals surface area contributed by atoms with Crippen LogP contribution in [0.2, 0.25) is 5.02 Å². The molecule has 1 atom stereocenters. The summed E-state index contributed by atoms with van der Waals surface area (Å²) < 4.78 is 6.68. The molecule has 0 aliphatic heterocycles. The predicted molar refractivity (Wildman–Crippen MR) is 107 cm³/mol. The minimum absolute atomic E-state index is 0.534. The van der Waals surface area contributed by atoms with Crippen molar-refractivity contribution >= 4 is 27.5 Å². The molecule has 0 N–H and O–H groups in total. The maximum absolute atomic E-state index is 6.07. The van der Waals surface area contributed by atoms with Crippen molar-refractivity contribution in [2.75, 3.05) is 0 Å². The average Bonchev–Trinajstić information content (AvgIpc) is 2.95. The van der Waals surface area contributed by atoms with Crippen LogP contribution in [-0.2, 0) is 12.8 Å². The predicted octanol–water partition coefficient (Wildman–Crippen LogP) is 6.88. The minimum atomic E-state index is 0.534. The van der Waals surface area contributed by atoms with Gasteiger partial charge in [0, 0.05) is 20.6 Å². The highest BCUT2D eigenvalue weighted by Crippen LogP contribution is 2.30. The molecule has 3 rings (SSSR count). The van der Waals surface area contributed by atoms with Crippen LogP contribution in [-0.4, -0.2) is 5.16 Å². The van der Waals surface area contributed by atoms with Crippen LogP contribution >= 0.6 is 27.5 Å². The molecule has 130 valence electrons. The second-order valence-corrected chi connectivity index (χ2v) is 7.91. The van der Waals surface area contributed by atoms with E-state index in [1.54, 1.807) is 0 Å². The zero-order valence-corrected chi connectivity index (χ0v) is 16.8. The SMILES string of the molecule is Cc1noc(-c2ccc(Br)cc2)c1CC(C)CCc1cccc(Cl)c1. The molecular formula is C21H21BrClNO. The number of benzene rings is 2. The molecule has 1 aromatic heterocycles. The maximum atomic E-state index is 6.07. The molecule has 3 aromatic rings. The van der Waals surface area contributed by atoms with Gasteiger partial charge in [-0.05, 0) is 61.9 Å². The van der Waals surface area contributed by atoms with Gasteiger partial charge < -0.3 is 4.52 Å². The molecule has 0 bridgehead atoms. The van der Waals surface area contributed by atoms with Gasteiger partial charge in [0.2, 0.25) is 0 Å². The summed E-state index contributed by atoms with van der Waals surface area (Å²) >= 11 is 9.55. The van der Waals surface area contributed by atoms with Crippen molar-refractivity contribution in [1.82, 2.24) is 5.16 Å². The highest BCUT2D eigenvalue weighted by Gasteiger charge is 2.17. The second kappa shape index (κ2) is 8.20. The van der Waals surface area contributed by atoms with E-state index in [1.165, 1.54) is 11.1 Å². The van der Waals surface area contributed by atoms with Crippen LogP contribution in [0.25, 0.3) is 11.3 Å². The first kappa shape index (κ1) is 18.2. The number of rotatable bonds is 6. The molecule has 2 nitrogen and oxygen atoms in total. The van der Waals surface area contributed by atoms with E-state index >= 15 is 0 Å². The first-order chi connectivity index (χ1) is 12.0. The fourth-order valence-electron chi connectivity index (χ4n) is 3.01. The number of hydrogen-bond donors (Lipinski definition) is 0. The third-order valence-electron chi connectivity index (χ3n) is 4.46. The van der Waals surface area contributed by atoms with Crippen LogP contribution in [0.5, 0.6) is 0 Å². The molecule has 4 heteroatoms. The molecule has 0 amide bonds. The van der Waals surface area contributed by atoms with Gasteiger partial charge in [-0.15, -0.1) is 0 Å². The molecule has 0 radical (unpaired) electrons. The molecule has 0 fully saturated rings. The Kier molecular flexibility index (Phi) is 5.98. The lowest BCUT2D eigenvalue weighted by molar-refractivity contribution is 0.426.